The van der Waals surface area contributed by atoms with E-state index in [1.807, 2.05) is 13.0 Å². The number of fused-ring (bicyclic) bond motifs is 1. The molecule has 0 unspecified atom stereocenters. The summed E-state index contributed by atoms with van der Waals surface area (Å²) in [6, 6.07) is 5.37. The second-order valence-corrected chi connectivity index (χ2v) is 4.44. The fraction of sp³-hybridized carbons (Fsp3) is 0.167. The van der Waals surface area contributed by atoms with Crippen molar-refractivity contribution in [3.05, 3.63) is 39.5 Å². The first kappa shape index (κ1) is 11.4. The van der Waals surface area contributed by atoms with Gasteiger partial charge in [-0.2, -0.15) is 0 Å². The maximum absolute atomic E-state index is 11.3. The van der Waals surface area contributed by atoms with Crippen LogP contribution in [0.15, 0.2) is 18.2 Å². The maximum Gasteiger partial charge on any atom is 0.162 e. The first-order valence-electron chi connectivity index (χ1n) is 4.76. The molecule has 1 aromatic heterocycles. The number of carbonyl (C=O) groups is 1. The van der Waals surface area contributed by atoms with Gasteiger partial charge in [-0.25, -0.2) is 4.98 Å². The molecule has 4 heteroatoms. The molecular formula is C12H9Cl2NO. The number of benzene rings is 1. The number of hydrogen-bond acceptors (Lipinski definition) is 2. The lowest BCUT2D eigenvalue weighted by Gasteiger charge is -2.05. The molecule has 82 valence electrons. The number of pyridine rings is 1. The van der Waals surface area contributed by atoms with E-state index in [2.05, 4.69) is 4.98 Å². The summed E-state index contributed by atoms with van der Waals surface area (Å²) in [6.07, 6.45) is 0. The highest BCUT2D eigenvalue weighted by molar-refractivity contribution is 6.34. The number of aromatic nitrogens is 1. The van der Waals surface area contributed by atoms with Crippen molar-refractivity contribution in [3.8, 4) is 0 Å². The third-order valence-corrected chi connectivity index (χ3v) is 3.12. The number of nitrogens with zero attached hydrogens (tertiary/aromatic N) is 1. The zero-order valence-corrected chi connectivity index (χ0v) is 10.4. The van der Waals surface area contributed by atoms with Crippen molar-refractivity contribution in [2.45, 2.75) is 13.8 Å². The molecule has 0 aliphatic carbocycles. The Morgan fingerprint density at radius 2 is 1.94 bits per heavy atom. The van der Waals surface area contributed by atoms with Crippen molar-refractivity contribution in [1.29, 1.82) is 0 Å². The summed E-state index contributed by atoms with van der Waals surface area (Å²) in [7, 11) is 0. The number of Topliss-reactive ketones (excluding diaryl/α,β-unsaturated/α-hetero) is 1. The first-order valence-corrected chi connectivity index (χ1v) is 5.52. The van der Waals surface area contributed by atoms with Gasteiger partial charge in [0.15, 0.2) is 5.78 Å². The summed E-state index contributed by atoms with van der Waals surface area (Å²) in [5.41, 5.74) is 2.11. The van der Waals surface area contributed by atoms with Gasteiger partial charge in [0.25, 0.3) is 0 Å². The topological polar surface area (TPSA) is 30.0 Å². The number of carbonyl (C=O) groups excluding carboxylic acids is 1. The van der Waals surface area contributed by atoms with Crippen LogP contribution < -0.4 is 0 Å². The summed E-state index contributed by atoms with van der Waals surface area (Å²) < 4.78 is 0. The summed E-state index contributed by atoms with van der Waals surface area (Å²) >= 11 is 11.9. The average Bonchev–Trinajstić information content (AvgIpc) is 2.19. The molecule has 1 heterocycles. The zero-order valence-electron chi connectivity index (χ0n) is 8.84. The number of hydrogen-bond donors (Lipinski definition) is 0. The fourth-order valence-corrected chi connectivity index (χ4v) is 1.97. The Kier molecular flexibility index (Phi) is 2.87. The minimum atomic E-state index is -0.101. The van der Waals surface area contributed by atoms with Gasteiger partial charge in [-0.3, -0.25) is 4.79 Å². The minimum Gasteiger partial charge on any atom is -0.294 e. The van der Waals surface area contributed by atoms with E-state index in [1.165, 1.54) is 6.92 Å². The first-order chi connectivity index (χ1) is 7.49. The van der Waals surface area contributed by atoms with E-state index in [9.17, 15) is 4.79 Å². The molecule has 0 amide bonds. The van der Waals surface area contributed by atoms with Crippen molar-refractivity contribution in [3.63, 3.8) is 0 Å². The lowest BCUT2D eigenvalue weighted by molar-refractivity contribution is 0.101. The molecule has 1 aromatic carbocycles. The van der Waals surface area contributed by atoms with Crippen LogP contribution in [0.3, 0.4) is 0 Å². The van der Waals surface area contributed by atoms with E-state index in [1.54, 1.807) is 12.1 Å². The Morgan fingerprint density at radius 1 is 1.25 bits per heavy atom. The highest BCUT2D eigenvalue weighted by Crippen LogP contribution is 2.26. The number of ketones is 1. The second kappa shape index (κ2) is 4.04. The van der Waals surface area contributed by atoms with Crippen LogP contribution in [0, 0.1) is 6.92 Å². The normalized spacial score (nSPS) is 10.8. The summed E-state index contributed by atoms with van der Waals surface area (Å²) in [5.74, 6) is -0.101. The van der Waals surface area contributed by atoms with Crippen LogP contribution in [0.1, 0.15) is 22.8 Å². The van der Waals surface area contributed by atoms with E-state index in [4.69, 9.17) is 23.2 Å². The summed E-state index contributed by atoms with van der Waals surface area (Å²) in [6.45, 7) is 3.36. The number of rotatable bonds is 1. The molecule has 0 aliphatic rings. The monoisotopic (exact) mass is 253 g/mol. The summed E-state index contributed by atoms with van der Waals surface area (Å²) in [4.78, 5) is 15.5. The Morgan fingerprint density at radius 3 is 2.56 bits per heavy atom. The third kappa shape index (κ3) is 1.91. The molecule has 2 nitrogen and oxygen atoms in total. The van der Waals surface area contributed by atoms with Crippen molar-refractivity contribution >= 4 is 39.9 Å². The SMILES string of the molecule is CC(=O)c1cc2cc(Cl)c(C)cc2nc1Cl. The molecule has 0 radical (unpaired) electrons. The highest BCUT2D eigenvalue weighted by Gasteiger charge is 2.10. The van der Waals surface area contributed by atoms with E-state index in [-0.39, 0.29) is 10.9 Å². The predicted molar refractivity (Wildman–Crippen MR) is 66.5 cm³/mol. The Labute approximate surface area is 103 Å². The lowest BCUT2D eigenvalue weighted by atomic mass is 10.1. The molecule has 0 aliphatic heterocycles. The smallest absolute Gasteiger partial charge is 0.162 e. The van der Waals surface area contributed by atoms with Crippen LogP contribution >= 0.6 is 23.2 Å². The van der Waals surface area contributed by atoms with Gasteiger partial charge >= 0.3 is 0 Å². The van der Waals surface area contributed by atoms with Crippen molar-refractivity contribution in [2.24, 2.45) is 0 Å². The van der Waals surface area contributed by atoms with Crippen LogP contribution in [-0.2, 0) is 0 Å². The molecule has 0 atom stereocenters. The zero-order chi connectivity index (χ0) is 11.9. The molecule has 0 N–H and O–H groups in total. The van der Waals surface area contributed by atoms with Gasteiger partial charge in [0.2, 0.25) is 0 Å². The maximum atomic E-state index is 11.3. The van der Waals surface area contributed by atoms with Crippen LogP contribution in [0.5, 0.6) is 0 Å². The molecule has 0 saturated carbocycles. The molecule has 0 bridgehead atoms. The van der Waals surface area contributed by atoms with Gasteiger partial charge in [-0.1, -0.05) is 23.2 Å². The molecule has 0 spiro atoms. The summed E-state index contributed by atoms with van der Waals surface area (Å²) in [5, 5.41) is 1.72. The fourth-order valence-electron chi connectivity index (χ4n) is 1.52. The van der Waals surface area contributed by atoms with Crippen molar-refractivity contribution in [2.75, 3.05) is 0 Å². The second-order valence-electron chi connectivity index (χ2n) is 3.68. The largest absolute Gasteiger partial charge is 0.294 e. The van der Waals surface area contributed by atoms with Crippen LogP contribution in [0.4, 0.5) is 0 Å². The third-order valence-electron chi connectivity index (χ3n) is 2.43. The molecule has 2 rings (SSSR count). The molecule has 16 heavy (non-hydrogen) atoms. The van der Waals surface area contributed by atoms with Gasteiger partial charge in [0, 0.05) is 10.4 Å². The van der Waals surface area contributed by atoms with Crippen molar-refractivity contribution < 1.29 is 4.79 Å². The lowest BCUT2D eigenvalue weighted by Crippen LogP contribution is -1.96. The van der Waals surface area contributed by atoms with E-state index in [0.29, 0.717) is 10.6 Å². The van der Waals surface area contributed by atoms with Crippen LogP contribution in [-0.4, -0.2) is 10.8 Å². The minimum absolute atomic E-state index is 0.101. The predicted octanol–water partition coefficient (Wildman–Crippen LogP) is 4.05. The van der Waals surface area contributed by atoms with Gasteiger partial charge in [-0.15, -0.1) is 0 Å². The van der Waals surface area contributed by atoms with Gasteiger partial charge < -0.3 is 0 Å². The van der Waals surface area contributed by atoms with E-state index < -0.39 is 0 Å². The van der Waals surface area contributed by atoms with Gasteiger partial charge in [0.1, 0.15) is 5.15 Å². The molecule has 0 fully saturated rings. The number of aryl methyl sites for hydroxylation is 1. The van der Waals surface area contributed by atoms with Gasteiger partial charge in [-0.05, 0) is 37.6 Å². The average molecular weight is 254 g/mol. The van der Waals surface area contributed by atoms with E-state index >= 15 is 0 Å². The quantitative estimate of drug-likeness (QED) is 0.567. The Hall–Kier alpha value is -1.12. The van der Waals surface area contributed by atoms with Crippen LogP contribution in [0.25, 0.3) is 10.9 Å². The highest BCUT2D eigenvalue weighted by atomic mass is 35.5. The van der Waals surface area contributed by atoms with Crippen molar-refractivity contribution in [1.82, 2.24) is 4.98 Å². The molecule has 0 saturated heterocycles. The molecule has 2 aromatic rings. The standard InChI is InChI=1S/C12H9Cl2NO/c1-6-3-11-8(5-10(6)13)4-9(7(2)16)12(14)15-11/h3-5H,1-2H3. The molecular weight excluding hydrogens is 245 g/mol. The van der Waals surface area contributed by atoms with Crippen LogP contribution in [0.2, 0.25) is 10.2 Å². The number of halogens is 2. The van der Waals surface area contributed by atoms with E-state index in [0.717, 1.165) is 16.5 Å². The Balaban J connectivity index is 2.79. The van der Waals surface area contributed by atoms with Gasteiger partial charge in [0.05, 0.1) is 11.1 Å². The Bertz CT molecular complexity index is 593.